The first-order valence-corrected chi connectivity index (χ1v) is 12.2. The van der Waals surface area contributed by atoms with Crippen molar-refractivity contribution in [2.45, 2.75) is 57.9 Å². The lowest BCUT2D eigenvalue weighted by molar-refractivity contribution is -0.133. The number of likely N-dealkylation sites (tertiary alicyclic amines) is 1. The molecule has 0 radical (unpaired) electrons. The third-order valence-electron chi connectivity index (χ3n) is 7.54. The average molecular weight is 442 g/mol. The van der Waals surface area contributed by atoms with Gasteiger partial charge in [0.05, 0.1) is 5.56 Å². The summed E-state index contributed by atoms with van der Waals surface area (Å²) in [6.45, 7) is 2.76. The number of hydrogen-bond acceptors (Lipinski definition) is 2. The van der Waals surface area contributed by atoms with Crippen molar-refractivity contribution in [2.24, 2.45) is 5.92 Å². The molecule has 33 heavy (non-hydrogen) atoms. The number of carbonyl (C=O) groups is 2. The Labute approximate surface area is 195 Å². The van der Waals surface area contributed by atoms with Crippen molar-refractivity contribution in [3.8, 4) is 11.1 Å². The Kier molecular flexibility index (Phi) is 5.92. The molecule has 2 aliphatic rings. The van der Waals surface area contributed by atoms with E-state index in [0.717, 1.165) is 41.5 Å². The molecule has 1 saturated heterocycles. The van der Waals surface area contributed by atoms with E-state index in [1.54, 1.807) is 6.07 Å². The fourth-order valence-corrected chi connectivity index (χ4v) is 5.68. The van der Waals surface area contributed by atoms with Crippen LogP contribution in [0.3, 0.4) is 0 Å². The van der Waals surface area contributed by atoms with E-state index in [9.17, 15) is 14.7 Å². The number of benzene rings is 3. The van der Waals surface area contributed by atoms with Crippen LogP contribution < -0.4 is 0 Å². The molecular formula is C29H31NO3. The highest BCUT2D eigenvalue weighted by atomic mass is 16.4. The molecule has 170 valence electrons. The third kappa shape index (κ3) is 4.39. The summed E-state index contributed by atoms with van der Waals surface area (Å²) in [5.74, 6) is -0.426. The Bertz CT molecular complexity index is 1210. The number of hydrogen-bond donors (Lipinski definition) is 1. The predicted molar refractivity (Wildman–Crippen MR) is 131 cm³/mol. The van der Waals surface area contributed by atoms with E-state index >= 15 is 0 Å². The molecule has 4 heteroatoms. The molecule has 3 aromatic carbocycles. The topological polar surface area (TPSA) is 57.6 Å². The minimum Gasteiger partial charge on any atom is -0.478 e. The Balaban J connectivity index is 1.32. The summed E-state index contributed by atoms with van der Waals surface area (Å²) in [5.41, 5.74) is 4.42. The molecule has 1 saturated carbocycles. The molecule has 1 aliphatic heterocycles. The number of aromatic carboxylic acids is 1. The second-order valence-electron chi connectivity index (χ2n) is 9.74. The van der Waals surface area contributed by atoms with Crippen LogP contribution in [0.5, 0.6) is 0 Å². The molecular weight excluding hydrogens is 410 g/mol. The zero-order chi connectivity index (χ0) is 22.9. The van der Waals surface area contributed by atoms with Gasteiger partial charge in [0.1, 0.15) is 0 Å². The summed E-state index contributed by atoms with van der Waals surface area (Å²) in [4.78, 5) is 26.5. The third-order valence-corrected chi connectivity index (χ3v) is 7.54. The number of nitrogens with zero attached hydrogens (tertiary/aromatic N) is 1. The number of aryl methyl sites for hydroxylation is 1. The van der Waals surface area contributed by atoms with Gasteiger partial charge in [-0.15, -0.1) is 0 Å². The van der Waals surface area contributed by atoms with Crippen molar-refractivity contribution in [3.05, 3.63) is 71.3 Å². The molecule has 1 aliphatic carbocycles. The molecule has 0 bridgehead atoms. The molecule has 3 aromatic rings. The molecule has 1 unspecified atom stereocenters. The quantitative estimate of drug-likeness (QED) is 0.510. The highest BCUT2D eigenvalue weighted by Crippen LogP contribution is 2.32. The van der Waals surface area contributed by atoms with Crippen molar-refractivity contribution >= 4 is 22.6 Å². The van der Waals surface area contributed by atoms with Crippen molar-refractivity contribution < 1.29 is 14.7 Å². The molecule has 0 aromatic heterocycles. The van der Waals surface area contributed by atoms with Gasteiger partial charge in [-0.1, -0.05) is 61.7 Å². The van der Waals surface area contributed by atoms with Crippen molar-refractivity contribution in [1.82, 2.24) is 4.90 Å². The first-order chi connectivity index (χ1) is 16.0. The fourth-order valence-electron chi connectivity index (χ4n) is 5.68. The lowest BCUT2D eigenvalue weighted by Crippen LogP contribution is -2.39. The summed E-state index contributed by atoms with van der Waals surface area (Å²) < 4.78 is 0. The van der Waals surface area contributed by atoms with Crippen LogP contribution >= 0.6 is 0 Å². The Morgan fingerprint density at radius 2 is 1.61 bits per heavy atom. The minimum absolute atomic E-state index is 0.111. The summed E-state index contributed by atoms with van der Waals surface area (Å²) in [6.07, 6.45) is 7.97. The molecule has 4 nitrogen and oxygen atoms in total. The maximum Gasteiger partial charge on any atom is 0.335 e. The fraction of sp³-hybridized carbons (Fsp3) is 0.379. The second-order valence-corrected chi connectivity index (χ2v) is 9.74. The number of amides is 1. The standard InChI is InChI=1S/C29H31NO3/c1-19-15-21(11-12-27(19)29(32)33)24-10-9-22-16-20(7-8-23(22)18-24)17-25-13-14-30(28(25)31)26-5-3-2-4-6-26/h7-12,15-16,18,25-26H,2-6,13-14,17H2,1H3,(H,32,33). The predicted octanol–water partition coefficient (Wildman–Crippen LogP) is 6.24. The normalized spacial score (nSPS) is 19.4. The Morgan fingerprint density at radius 1 is 0.909 bits per heavy atom. The van der Waals surface area contributed by atoms with Crippen LogP contribution in [-0.4, -0.2) is 34.5 Å². The van der Waals surface area contributed by atoms with E-state index in [4.69, 9.17) is 0 Å². The number of rotatable bonds is 5. The van der Waals surface area contributed by atoms with Gasteiger partial charge in [0, 0.05) is 18.5 Å². The van der Waals surface area contributed by atoms with Crippen LogP contribution in [0.1, 0.15) is 60.0 Å². The van der Waals surface area contributed by atoms with Gasteiger partial charge in [-0.3, -0.25) is 4.79 Å². The van der Waals surface area contributed by atoms with E-state index in [2.05, 4.69) is 41.3 Å². The van der Waals surface area contributed by atoms with Gasteiger partial charge in [0.15, 0.2) is 0 Å². The van der Waals surface area contributed by atoms with Gasteiger partial charge in [0.2, 0.25) is 5.91 Å². The molecule has 1 N–H and O–H groups in total. The maximum atomic E-state index is 13.1. The summed E-state index contributed by atoms with van der Waals surface area (Å²) >= 11 is 0. The largest absolute Gasteiger partial charge is 0.478 e. The van der Waals surface area contributed by atoms with E-state index < -0.39 is 5.97 Å². The van der Waals surface area contributed by atoms with Crippen molar-refractivity contribution in [1.29, 1.82) is 0 Å². The van der Waals surface area contributed by atoms with Crippen LogP contribution in [-0.2, 0) is 11.2 Å². The Hall–Kier alpha value is -3.14. The molecule has 2 fully saturated rings. The van der Waals surface area contributed by atoms with Crippen LogP contribution in [0.25, 0.3) is 21.9 Å². The van der Waals surface area contributed by atoms with Crippen molar-refractivity contribution in [2.75, 3.05) is 6.54 Å². The van der Waals surface area contributed by atoms with Gasteiger partial charge in [-0.25, -0.2) is 4.79 Å². The van der Waals surface area contributed by atoms with E-state index in [1.165, 1.54) is 43.1 Å². The molecule has 1 heterocycles. The SMILES string of the molecule is Cc1cc(-c2ccc3cc(CC4CCN(C5CCCCC5)C4=O)ccc3c2)ccc1C(=O)O. The minimum atomic E-state index is -0.896. The lowest BCUT2D eigenvalue weighted by Gasteiger charge is -2.31. The van der Waals surface area contributed by atoms with E-state index in [-0.39, 0.29) is 5.92 Å². The highest BCUT2D eigenvalue weighted by Gasteiger charge is 2.36. The molecule has 1 atom stereocenters. The number of carboxylic acid groups (broad SMARTS) is 1. The van der Waals surface area contributed by atoms with Gasteiger partial charge < -0.3 is 10.0 Å². The first kappa shape index (κ1) is 21.7. The van der Waals surface area contributed by atoms with E-state index in [0.29, 0.717) is 17.5 Å². The van der Waals surface area contributed by atoms with Crippen LogP contribution in [0.15, 0.2) is 54.6 Å². The number of carboxylic acids is 1. The summed E-state index contributed by atoms with van der Waals surface area (Å²) in [6, 6.07) is 18.8. The number of fused-ring (bicyclic) bond motifs is 1. The second kappa shape index (κ2) is 9.01. The van der Waals surface area contributed by atoms with Crippen LogP contribution in [0.2, 0.25) is 0 Å². The van der Waals surface area contributed by atoms with Crippen LogP contribution in [0.4, 0.5) is 0 Å². The lowest BCUT2D eigenvalue weighted by atomic mass is 9.93. The van der Waals surface area contributed by atoms with E-state index in [1.807, 2.05) is 19.1 Å². The van der Waals surface area contributed by atoms with Gasteiger partial charge >= 0.3 is 5.97 Å². The summed E-state index contributed by atoms with van der Waals surface area (Å²) in [5, 5.41) is 11.6. The van der Waals surface area contributed by atoms with Gasteiger partial charge in [-0.05, 0) is 77.8 Å². The molecule has 0 spiro atoms. The maximum absolute atomic E-state index is 13.1. The Morgan fingerprint density at radius 3 is 2.36 bits per heavy atom. The molecule has 1 amide bonds. The first-order valence-electron chi connectivity index (χ1n) is 12.2. The zero-order valence-corrected chi connectivity index (χ0v) is 19.2. The smallest absolute Gasteiger partial charge is 0.335 e. The molecule has 5 rings (SSSR count). The number of carbonyl (C=O) groups excluding carboxylic acids is 1. The highest BCUT2D eigenvalue weighted by molar-refractivity contribution is 5.91. The van der Waals surface area contributed by atoms with Gasteiger partial charge in [0.25, 0.3) is 0 Å². The van der Waals surface area contributed by atoms with Crippen molar-refractivity contribution in [3.63, 3.8) is 0 Å². The monoisotopic (exact) mass is 441 g/mol. The van der Waals surface area contributed by atoms with Crippen LogP contribution in [0, 0.1) is 12.8 Å². The average Bonchev–Trinajstić information content (AvgIpc) is 3.19. The summed E-state index contributed by atoms with van der Waals surface area (Å²) in [7, 11) is 0. The zero-order valence-electron chi connectivity index (χ0n) is 19.2. The van der Waals surface area contributed by atoms with Gasteiger partial charge in [-0.2, -0.15) is 0 Å².